The molecule has 0 aromatic rings. The Hall–Kier alpha value is -2.62. The highest BCUT2D eigenvalue weighted by atomic mass is 16.5. The van der Waals surface area contributed by atoms with Gasteiger partial charge >= 0.3 is 11.9 Å². The molecule has 1 atom stereocenters. The van der Waals surface area contributed by atoms with Crippen LogP contribution in [0.5, 0.6) is 0 Å². The minimum atomic E-state index is -0.711. The molecule has 0 aliphatic heterocycles. The molecule has 4 heteroatoms. The van der Waals surface area contributed by atoms with E-state index in [1.54, 1.807) is 0 Å². The molecule has 238 valence electrons. The summed E-state index contributed by atoms with van der Waals surface area (Å²) in [6.45, 7) is 4.39. The molecule has 42 heavy (non-hydrogen) atoms. The summed E-state index contributed by atoms with van der Waals surface area (Å²) >= 11 is 0. The van der Waals surface area contributed by atoms with Crippen LogP contribution in [0.25, 0.3) is 0 Å². The van der Waals surface area contributed by atoms with Gasteiger partial charge in [0.05, 0.1) is 6.42 Å². The zero-order valence-corrected chi connectivity index (χ0v) is 27.0. The molecule has 1 N–H and O–H groups in total. The average molecular weight is 583 g/mol. The van der Waals surface area contributed by atoms with E-state index in [1.165, 1.54) is 38.5 Å². The topological polar surface area (TPSA) is 63.6 Å². The molecule has 0 radical (unpaired) electrons. The van der Waals surface area contributed by atoms with Crippen LogP contribution in [0.15, 0.2) is 72.9 Å². The van der Waals surface area contributed by atoms with E-state index in [9.17, 15) is 9.59 Å². The van der Waals surface area contributed by atoms with Crippen molar-refractivity contribution in [3.05, 3.63) is 72.9 Å². The number of ether oxygens (including phenoxy) is 1. The van der Waals surface area contributed by atoms with Crippen molar-refractivity contribution in [2.24, 2.45) is 0 Å². The first kappa shape index (κ1) is 39.4. The molecule has 0 fully saturated rings. The number of carbonyl (C=O) groups excluding carboxylic acids is 1. The van der Waals surface area contributed by atoms with Gasteiger partial charge in [0.15, 0.2) is 0 Å². The number of aliphatic carboxylic acids is 1. The minimum Gasteiger partial charge on any atom is -0.481 e. The van der Waals surface area contributed by atoms with Gasteiger partial charge in [0.2, 0.25) is 0 Å². The van der Waals surface area contributed by atoms with E-state index in [0.717, 1.165) is 83.5 Å². The Kier molecular flexibility index (Phi) is 30.8. The molecule has 0 aromatic heterocycles. The second-order valence-electron chi connectivity index (χ2n) is 11.0. The Morgan fingerprint density at radius 3 is 1.67 bits per heavy atom. The molecule has 1 unspecified atom stereocenters. The van der Waals surface area contributed by atoms with Crippen molar-refractivity contribution in [2.45, 2.75) is 155 Å². The van der Waals surface area contributed by atoms with Crippen molar-refractivity contribution in [3.63, 3.8) is 0 Å². The summed E-state index contributed by atoms with van der Waals surface area (Å²) in [6.07, 6.45) is 46.5. The van der Waals surface area contributed by atoms with Crippen molar-refractivity contribution >= 4 is 11.9 Å². The van der Waals surface area contributed by atoms with Crippen molar-refractivity contribution in [3.8, 4) is 0 Å². The van der Waals surface area contributed by atoms with E-state index in [4.69, 9.17) is 9.84 Å². The molecule has 0 spiro atoms. The van der Waals surface area contributed by atoms with E-state index in [2.05, 4.69) is 74.6 Å². The lowest BCUT2D eigenvalue weighted by Gasteiger charge is -2.14. The predicted molar refractivity (Wildman–Crippen MR) is 181 cm³/mol. The number of carbonyl (C=O) groups is 2. The first-order valence-electron chi connectivity index (χ1n) is 16.9. The van der Waals surface area contributed by atoms with Gasteiger partial charge in [-0.1, -0.05) is 138 Å². The van der Waals surface area contributed by atoms with Gasteiger partial charge in [-0.3, -0.25) is 9.59 Å². The van der Waals surface area contributed by atoms with Gasteiger partial charge in [-0.05, 0) is 70.3 Å². The predicted octanol–water partition coefficient (Wildman–Crippen LogP) is 11.6. The van der Waals surface area contributed by atoms with E-state index >= 15 is 0 Å². The second kappa shape index (κ2) is 32.9. The van der Waals surface area contributed by atoms with Crippen molar-refractivity contribution in [2.75, 3.05) is 0 Å². The molecule has 0 heterocycles. The van der Waals surface area contributed by atoms with Gasteiger partial charge in [0.25, 0.3) is 0 Å². The lowest BCUT2D eigenvalue weighted by Crippen LogP contribution is -2.15. The largest absolute Gasteiger partial charge is 0.481 e. The van der Waals surface area contributed by atoms with Crippen LogP contribution in [0.1, 0.15) is 149 Å². The fraction of sp³-hybridized carbons (Fsp3) is 0.632. The molecule has 0 bridgehead atoms. The van der Waals surface area contributed by atoms with Crippen LogP contribution in [0.4, 0.5) is 0 Å². The van der Waals surface area contributed by atoms with Crippen molar-refractivity contribution < 1.29 is 19.4 Å². The number of hydrogen-bond donors (Lipinski definition) is 1. The lowest BCUT2D eigenvalue weighted by atomic mass is 10.0. The Balaban J connectivity index is 4.31. The molecule has 0 aliphatic rings. The highest BCUT2D eigenvalue weighted by Crippen LogP contribution is 2.14. The zero-order chi connectivity index (χ0) is 30.8. The highest BCUT2D eigenvalue weighted by Gasteiger charge is 2.10. The van der Waals surface area contributed by atoms with E-state index < -0.39 is 5.97 Å². The summed E-state index contributed by atoms with van der Waals surface area (Å²) < 4.78 is 5.82. The molecule has 0 rings (SSSR count). The average Bonchev–Trinajstić information content (AvgIpc) is 2.97. The smallest absolute Gasteiger partial charge is 0.310 e. The first-order chi connectivity index (χ1) is 20.6. The summed E-state index contributed by atoms with van der Waals surface area (Å²) in [5, 5.41) is 8.74. The maximum absolute atomic E-state index is 12.5. The number of rotatable bonds is 29. The molecule has 0 aromatic carbocycles. The monoisotopic (exact) mass is 582 g/mol. The Morgan fingerprint density at radius 2 is 1.10 bits per heavy atom. The SMILES string of the molecule is CC/C=C\C/C=C\C/C=C\C/C=C\C/C=C\CC(=O)OC(/C=C\CCCCCCCC)CCCCCCCCC(=O)O. The van der Waals surface area contributed by atoms with Crippen LogP contribution >= 0.6 is 0 Å². The lowest BCUT2D eigenvalue weighted by molar-refractivity contribution is -0.146. The fourth-order valence-electron chi connectivity index (χ4n) is 4.46. The third-order valence-electron chi connectivity index (χ3n) is 6.93. The van der Waals surface area contributed by atoms with E-state index in [-0.39, 0.29) is 18.5 Å². The van der Waals surface area contributed by atoms with Crippen LogP contribution in [-0.4, -0.2) is 23.1 Å². The standard InChI is InChI=1S/C38H62O4/c1-3-5-7-9-11-13-14-15-16-17-18-19-21-27-31-35-38(41)42-36(32-28-24-20-12-10-8-6-4-2)33-29-25-22-23-26-30-34-37(39)40/h5,7,11,13,15-16,18-19,27-28,31-32,36H,3-4,6,8-10,12,14,17,20-26,29-30,33-35H2,1-2H3,(H,39,40)/b7-5-,13-11-,16-15-,19-18-,31-27-,32-28-. The van der Waals surface area contributed by atoms with E-state index in [0.29, 0.717) is 6.42 Å². The van der Waals surface area contributed by atoms with Crippen LogP contribution in [0, 0.1) is 0 Å². The molecular formula is C38H62O4. The third kappa shape index (κ3) is 31.9. The van der Waals surface area contributed by atoms with Crippen LogP contribution in [-0.2, 0) is 14.3 Å². The molecule has 0 saturated heterocycles. The maximum Gasteiger partial charge on any atom is 0.310 e. The molecular weight excluding hydrogens is 520 g/mol. The molecule has 0 aliphatic carbocycles. The zero-order valence-electron chi connectivity index (χ0n) is 27.0. The summed E-state index contributed by atoms with van der Waals surface area (Å²) in [7, 11) is 0. The van der Waals surface area contributed by atoms with Crippen LogP contribution < -0.4 is 0 Å². The normalized spacial score (nSPS) is 13.2. The molecule has 0 amide bonds. The van der Waals surface area contributed by atoms with E-state index in [1.807, 2.05) is 12.2 Å². The van der Waals surface area contributed by atoms with Gasteiger partial charge in [0, 0.05) is 6.42 Å². The maximum atomic E-state index is 12.5. The molecule has 0 saturated carbocycles. The number of carboxylic acid groups (broad SMARTS) is 1. The summed E-state index contributed by atoms with van der Waals surface area (Å²) in [5.41, 5.74) is 0. The van der Waals surface area contributed by atoms with Crippen molar-refractivity contribution in [1.82, 2.24) is 0 Å². The summed E-state index contributed by atoms with van der Waals surface area (Å²) in [6, 6.07) is 0. The number of carboxylic acids is 1. The fourth-order valence-corrected chi connectivity index (χ4v) is 4.46. The van der Waals surface area contributed by atoms with Gasteiger partial charge in [-0.25, -0.2) is 0 Å². The first-order valence-corrected chi connectivity index (χ1v) is 16.9. The Labute approximate surface area is 258 Å². The van der Waals surface area contributed by atoms with Crippen molar-refractivity contribution in [1.29, 1.82) is 0 Å². The van der Waals surface area contributed by atoms with Gasteiger partial charge in [0.1, 0.15) is 6.10 Å². The second-order valence-corrected chi connectivity index (χ2v) is 11.0. The highest BCUT2D eigenvalue weighted by molar-refractivity contribution is 5.71. The summed E-state index contributed by atoms with van der Waals surface area (Å²) in [5.74, 6) is -0.878. The number of unbranched alkanes of at least 4 members (excludes halogenated alkanes) is 11. The van der Waals surface area contributed by atoms with Gasteiger partial charge in [-0.2, -0.15) is 0 Å². The van der Waals surface area contributed by atoms with Crippen LogP contribution in [0.3, 0.4) is 0 Å². The minimum absolute atomic E-state index is 0.160. The quantitative estimate of drug-likeness (QED) is 0.0541. The van der Waals surface area contributed by atoms with Gasteiger partial charge < -0.3 is 9.84 Å². The number of hydrogen-bond acceptors (Lipinski definition) is 3. The molecule has 4 nitrogen and oxygen atoms in total. The van der Waals surface area contributed by atoms with Crippen LogP contribution in [0.2, 0.25) is 0 Å². The third-order valence-corrected chi connectivity index (χ3v) is 6.93. The summed E-state index contributed by atoms with van der Waals surface area (Å²) in [4.78, 5) is 23.1. The Morgan fingerprint density at radius 1 is 0.595 bits per heavy atom. The number of allylic oxidation sites excluding steroid dienone is 10. The number of esters is 1. The van der Waals surface area contributed by atoms with Gasteiger partial charge in [-0.15, -0.1) is 0 Å². The Bertz CT molecular complexity index is 800.